The summed E-state index contributed by atoms with van der Waals surface area (Å²) in [6, 6.07) is 18.6. The van der Waals surface area contributed by atoms with E-state index in [2.05, 4.69) is 31.2 Å². The van der Waals surface area contributed by atoms with Crippen molar-refractivity contribution in [1.82, 2.24) is 4.98 Å². The Morgan fingerprint density at radius 1 is 1.04 bits per heavy atom. The fourth-order valence-electron chi connectivity index (χ4n) is 3.22. The number of thiazole rings is 1. The quantitative estimate of drug-likeness (QED) is 0.512. The van der Waals surface area contributed by atoms with Gasteiger partial charge in [-0.2, -0.15) is 0 Å². The van der Waals surface area contributed by atoms with E-state index in [1.165, 1.54) is 10.4 Å². The van der Waals surface area contributed by atoms with E-state index in [4.69, 9.17) is 19.2 Å². The molecule has 1 aliphatic rings. The van der Waals surface area contributed by atoms with E-state index < -0.39 is 0 Å². The summed E-state index contributed by atoms with van der Waals surface area (Å²) >= 11 is 1.71. The summed E-state index contributed by atoms with van der Waals surface area (Å²) in [5.41, 5.74) is 3.46. The smallest absolute Gasteiger partial charge is 0.157 e. The zero-order chi connectivity index (χ0) is 19.2. The van der Waals surface area contributed by atoms with E-state index in [0.29, 0.717) is 6.61 Å². The van der Waals surface area contributed by atoms with Gasteiger partial charge in [0.25, 0.3) is 0 Å². The highest BCUT2D eigenvalue weighted by molar-refractivity contribution is 7.15. The summed E-state index contributed by atoms with van der Waals surface area (Å²) in [7, 11) is 0. The Morgan fingerprint density at radius 2 is 1.79 bits per heavy atom. The van der Waals surface area contributed by atoms with Crippen LogP contribution in [-0.4, -0.2) is 24.5 Å². The molecule has 4 nitrogen and oxygen atoms in total. The van der Waals surface area contributed by atoms with E-state index in [0.717, 1.165) is 54.5 Å². The molecular weight excluding hydrogens is 370 g/mol. The van der Waals surface area contributed by atoms with Crippen LogP contribution in [0.3, 0.4) is 0 Å². The molecule has 0 amide bonds. The third-order valence-corrected chi connectivity index (χ3v) is 5.87. The van der Waals surface area contributed by atoms with Gasteiger partial charge in [0.1, 0.15) is 17.4 Å². The second kappa shape index (κ2) is 9.32. The Bertz CT molecular complexity index is 871. The molecule has 28 heavy (non-hydrogen) atoms. The number of hydrogen-bond acceptors (Lipinski definition) is 5. The van der Waals surface area contributed by atoms with Crippen LogP contribution in [-0.2, 0) is 22.5 Å². The van der Waals surface area contributed by atoms with Gasteiger partial charge in [0.2, 0.25) is 0 Å². The molecule has 0 spiro atoms. The molecule has 1 fully saturated rings. The van der Waals surface area contributed by atoms with Crippen molar-refractivity contribution in [2.24, 2.45) is 0 Å². The van der Waals surface area contributed by atoms with Crippen LogP contribution in [0, 0.1) is 6.92 Å². The van der Waals surface area contributed by atoms with Crippen molar-refractivity contribution >= 4 is 11.3 Å². The second-order valence-corrected chi connectivity index (χ2v) is 8.09. The third kappa shape index (κ3) is 4.98. The summed E-state index contributed by atoms with van der Waals surface area (Å²) in [5.74, 6) is 0.875. The maximum Gasteiger partial charge on any atom is 0.157 e. The minimum atomic E-state index is -0.00951. The molecule has 2 heterocycles. The minimum absolute atomic E-state index is 0.00951. The molecule has 1 aromatic heterocycles. The first-order valence-corrected chi connectivity index (χ1v) is 10.6. The number of aryl methyl sites for hydroxylation is 2. The molecule has 2 aromatic carbocycles. The lowest BCUT2D eigenvalue weighted by molar-refractivity contribution is -0.0475. The topological polar surface area (TPSA) is 40.6 Å². The van der Waals surface area contributed by atoms with Crippen molar-refractivity contribution in [3.8, 4) is 16.3 Å². The maximum absolute atomic E-state index is 5.97. The summed E-state index contributed by atoms with van der Waals surface area (Å²) in [6.45, 7) is 4.04. The molecule has 0 saturated carbocycles. The highest BCUT2D eigenvalue weighted by Gasteiger charge is 2.15. The van der Waals surface area contributed by atoms with Crippen molar-refractivity contribution in [3.63, 3.8) is 0 Å². The van der Waals surface area contributed by atoms with Crippen molar-refractivity contribution in [2.75, 3.05) is 13.2 Å². The number of aromatic nitrogens is 1. The van der Waals surface area contributed by atoms with E-state index in [1.807, 2.05) is 30.3 Å². The van der Waals surface area contributed by atoms with Crippen molar-refractivity contribution in [1.29, 1.82) is 0 Å². The first-order chi connectivity index (χ1) is 13.8. The molecule has 0 radical (unpaired) electrons. The first-order valence-electron chi connectivity index (χ1n) is 9.74. The van der Waals surface area contributed by atoms with Crippen LogP contribution in [0.2, 0.25) is 0 Å². The molecule has 1 saturated heterocycles. The average Bonchev–Trinajstić information content (AvgIpc) is 3.38. The zero-order valence-corrected chi connectivity index (χ0v) is 16.9. The SMILES string of the molecule is Cc1sc(-c2ccccc2)nc1COc1ccc(CCCC2OCCO2)cc1. The van der Waals surface area contributed by atoms with E-state index >= 15 is 0 Å². The van der Waals surface area contributed by atoms with Gasteiger partial charge in [-0.05, 0) is 43.9 Å². The molecule has 0 aliphatic carbocycles. The molecule has 0 atom stereocenters. The second-order valence-electron chi connectivity index (χ2n) is 6.88. The predicted octanol–water partition coefficient (Wildman–Crippen LogP) is 5.39. The average molecular weight is 396 g/mol. The van der Waals surface area contributed by atoms with Crippen molar-refractivity contribution in [2.45, 2.75) is 39.1 Å². The Labute approximate surface area is 170 Å². The molecule has 0 bridgehead atoms. The Hall–Kier alpha value is -2.21. The summed E-state index contributed by atoms with van der Waals surface area (Å²) in [6.07, 6.45) is 3.02. The van der Waals surface area contributed by atoms with Crippen LogP contribution < -0.4 is 4.74 Å². The number of benzene rings is 2. The lowest BCUT2D eigenvalue weighted by atomic mass is 10.1. The Kier molecular flexibility index (Phi) is 6.37. The summed E-state index contributed by atoms with van der Waals surface area (Å²) in [4.78, 5) is 5.96. The summed E-state index contributed by atoms with van der Waals surface area (Å²) < 4.78 is 16.9. The Morgan fingerprint density at radius 3 is 2.54 bits per heavy atom. The molecule has 146 valence electrons. The molecule has 5 heteroatoms. The van der Waals surface area contributed by atoms with Crippen molar-refractivity contribution in [3.05, 3.63) is 70.7 Å². The number of hydrogen-bond donors (Lipinski definition) is 0. The fourth-order valence-corrected chi connectivity index (χ4v) is 4.14. The van der Waals surface area contributed by atoms with Crippen LogP contribution >= 0.6 is 11.3 Å². The molecule has 0 unspecified atom stereocenters. The lowest BCUT2D eigenvalue weighted by Crippen LogP contribution is -2.07. The van der Waals surface area contributed by atoms with Crippen LogP contribution in [0.5, 0.6) is 5.75 Å². The highest BCUT2D eigenvalue weighted by Crippen LogP contribution is 2.28. The van der Waals surface area contributed by atoms with Gasteiger partial charge in [0.15, 0.2) is 6.29 Å². The fraction of sp³-hybridized carbons (Fsp3) is 0.348. The minimum Gasteiger partial charge on any atom is -0.487 e. The van der Waals surface area contributed by atoms with E-state index in [-0.39, 0.29) is 6.29 Å². The molecule has 4 rings (SSSR count). The summed E-state index contributed by atoms with van der Waals surface area (Å²) in [5, 5.41) is 1.04. The zero-order valence-electron chi connectivity index (χ0n) is 16.1. The monoisotopic (exact) mass is 395 g/mol. The lowest BCUT2D eigenvalue weighted by Gasteiger charge is -2.09. The van der Waals surface area contributed by atoms with Gasteiger partial charge in [-0.1, -0.05) is 42.5 Å². The third-order valence-electron chi connectivity index (χ3n) is 4.81. The van der Waals surface area contributed by atoms with Gasteiger partial charge < -0.3 is 14.2 Å². The molecular formula is C23H25NO3S. The number of rotatable bonds is 8. The van der Waals surface area contributed by atoms with Gasteiger partial charge in [0, 0.05) is 10.4 Å². The highest BCUT2D eigenvalue weighted by atomic mass is 32.1. The standard InChI is InChI=1S/C23H25NO3S/c1-17-21(24-23(28-17)19-7-3-2-4-8-19)16-27-20-12-10-18(11-13-20)6-5-9-22-25-14-15-26-22/h2-4,7-8,10-13,22H,5-6,9,14-16H2,1H3. The molecule has 1 aliphatic heterocycles. The predicted molar refractivity (Wildman–Crippen MR) is 112 cm³/mol. The number of ether oxygens (including phenoxy) is 3. The van der Waals surface area contributed by atoms with Gasteiger partial charge in [-0.15, -0.1) is 11.3 Å². The molecule has 3 aromatic rings. The normalized spacial score (nSPS) is 14.5. The van der Waals surface area contributed by atoms with Gasteiger partial charge >= 0.3 is 0 Å². The van der Waals surface area contributed by atoms with Crippen LogP contribution in [0.25, 0.3) is 10.6 Å². The first kappa shape index (κ1) is 19.1. The van der Waals surface area contributed by atoms with Crippen LogP contribution in [0.4, 0.5) is 0 Å². The Balaban J connectivity index is 1.28. The number of nitrogens with zero attached hydrogens (tertiary/aromatic N) is 1. The van der Waals surface area contributed by atoms with Gasteiger partial charge in [-0.3, -0.25) is 0 Å². The molecule has 0 N–H and O–H groups in total. The largest absolute Gasteiger partial charge is 0.487 e. The maximum atomic E-state index is 5.97. The van der Waals surface area contributed by atoms with Crippen molar-refractivity contribution < 1.29 is 14.2 Å². The van der Waals surface area contributed by atoms with E-state index in [1.54, 1.807) is 11.3 Å². The van der Waals surface area contributed by atoms with E-state index in [9.17, 15) is 0 Å². The van der Waals surface area contributed by atoms with Crippen LogP contribution in [0.15, 0.2) is 54.6 Å². The van der Waals surface area contributed by atoms with Gasteiger partial charge in [0.05, 0.1) is 18.9 Å². The van der Waals surface area contributed by atoms with Gasteiger partial charge in [-0.25, -0.2) is 4.98 Å². The van der Waals surface area contributed by atoms with Crippen LogP contribution in [0.1, 0.15) is 29.0 Å².